The molecule has 40 heavy (non-hydrogen) atoms. The number of anilines is 1. The average Bonchev–Trinajstić information content (AvgIpc) is 3.33. The van der Waals surface area contributed by atoms with Gasteiger partial charge in [-0.25, -0.2) is 23.8 Å². The SMILES string of the molecule is COC(=O)c1cccc(-n2ncc3c(NCC4(C(F)(F)F)CC(C)(c5cc(F)ccc5OC)O4)nc(C)nc32)c1. The Bertz CT molecular complexity index is 1600. The fourth-order valence-corrected chi connectivity index (χ4v) is 5.02. The Morgan fingerprint density at radius 2 is 1.93 bits per heavy atom. The predicted molar refractivity (Wildman–Crippen MR) is 136 cm³/mol. The van der Waals surface area contributed by atoms with Crippen molar-refractivity contribution in [3.8, 4) is 11.4 Å². The van der Waals surface area contributed by atoms with E-state index < -0.39 is 42.1 Å². The average molecular weight is 560 g/mol. The number of hydrogen-bond acceptors (Lipinski definition) is 8. The number of alkyl halides is 3. The molecule has 0 aliphatic carbocycles. The molecule has 3 heterocycles. The van der Waals surface area contributed by atoms with Crippen molar-refractivity contribution >= 4 is 22.8 Å². The van der Waals surface area contributed by atoms with Gasteiger partial charge < -0.3 is 19.5 Å². The number of aromatic nitrogens is 4. The minimum absolute atomic E-state index is 0.127. The monoisotopic (exact) mass is 559 g/mol. The van der Waals surface area contributed by atoms with E-state index in [2.05, 4.69) is 20.4 Å². The van der Waals surface area contributed by atoms with Crippen LogP contribution in [-0.2, 0) is 15.1 Å². The lowest BCUT2D eigenvalue weighted by Gasteiger charge is -2.55. The predicted octanol–water partition coefficient (Wildman–Crippen LogP) is 5.11. The standard InChI is InChI=1S/C27H25F4N5O4/c1-15-34-22(19-12-33-36(23(19)35-15)18-7-5-6-16(10-18)24(37)39-4)32-14-26(27(29,30)31)13-25(2,40-26)20-11-17(28)8-9-21(20)38-3/h5-12H,13-14H2,1-4H3,(H,32,34,35). The van der Waals surface area contributed by atoms with Crippen LogP contribution in [0.15, 0.2) is 48.7 Å². The van der Waals surface area contributed by atoms with Gasteiger partial charge in [-0.05, 0) is 50.2 Å². The van der Waals surface area contributed by atoms with Gasteiger partial charge in [0.15, 0.2) is 11.2 Å². The quantitative estimate of drug-likeness (QED) is 0.247. The number of nitrogens with one attached hydrogen (secondary N) is 1. The lowest BCUT2D eigenvalue weighted by atomic mass is 9.75. The highest BCUT2D eigenvalue weighted by atomic mass is 19.4. The molecule has 210 valence electrons. The number of methoxy groups -OCH3 is 2. The molecule has 2 unspecified atom stereocenters. The van der Waals surface area contributed by atoms with Gasteiger partial charge in [-0.15, -0.1) is 0 Å². The summed E-state index contributed by atoms with van der Waals surface area (Å²) in [4.78, 5) is 20.7. The lowest BCUT2D eigenvalue weighted by molar-refractivity contribution is -0.380. The minimum atomic E-state index is -4.75. The number of aryl methyl sites for hydroxylation is 1. The van der Waals surface area contributed by atoms with Crippen LogP contribution in [0.1, 0.15) is 35.1 Å². The molecule has 2 aromatic heterocycles. The maximum atomic E-state index is 14.4. The zero-order valence-corrected chi connectivity index (χ0v) is 22.0. The summed E-state index contributed by atoms with van der Waals surface area (Å²) in [7, 11) is 2.62. The number of halogens is 4. The maximum Gasteiger partial charge on any atom is 0.419 e. The van der Waals surface area contributed by atoms with Crippen LogP contribution >= 0.6 is 0 Å². The highest BCUT2D eigenvalue weighted by molar-refractivity contribution is 5.91. The second-order valence-electron chi connectivity index (χ2n) is 9.65. The molecule has 2 aromatic carbocycles. The van der Waals surface area contributed by atoms with E-state index in [1.54, 1.807) is 31.2 Å². The Kier molecular flexibility index (Phi) is 6.65. The molecule has 0 radical (unpaired) electrons. The first-order valence-corrected chi connectivity index (χ1v) is 12.2. The summed E-state index contributed by atoms with van der Waals surface area (Å²) in [6.07, 6.45) is -3.81. The van der Waals surface area contributed by atoms with Crippen molar-refractivity contribution in [2.24, 2.45) is 0 Å². The number of rotatable bonds is 7. The molecule has 0 saturated carbocycles. The lowest BCUT2D eigenvalue weighted by Crippen LogP contribution is -2.67. The molecule has 1 aliphatic heterocycles. The van der Waals surface area contributed by atoms with E-state index in [4.69, 9.17) is 14.2 Å². The molecule has 13 heteroatoms. The van der Waals surface area contributed by atoms with Crippen molar-refractivity contribution < 1.29 is 36.6 Å². The van der Waals surface area contributed by atoms with Crippen LogP contribution in [-0.4, -0.2) is 58.3 Å². The number of ether oxygens (including phenoxy) is 3. The van der Waals surface area contributed by atoms with Crippen molar-refractivity contribution in [2.45, 2.75) is 37.6 Å². The number of hydrogen-bond donors (Lipinski definition) is 1. The summed E-state index contributed by atoms with van der Waals surface area (Å²) in [5.41, 5.74) is -2.71. The molecule has 9 nitrogen and oxygen atoms in total. The van der Waals surface area contributed by atoms with E-state index in [0.717, 1.165) is 12.1 Å². The van der Waals surface area contributed by atoms with E-state index >= 15 is 0 Å². The van der Waals surface area contributed by atoms with E-state index in [1.807, 2.05) is 0 Å². The third kappa shape index (κ3) is 4.59. The van der Waals surface area contributed by atoms with Gasteiger partial charge in [-0.3, -0.25) is 0 Å². The van der Waals surface area contributed by atoms with Crippen LogP contribution in [0.4, 0.5) is 23.4 Å². The van der Waals surface area contributed by atoms with Gasteiger partial charge in [-0.2, -0.15) is 18.3 Å². The number of benzene rings is 2. The summed E-state index contributed by atoms with van der Waals surface area (Å²) in [6, 6.07) is 10.1. The van der Waals surface area contributed by atoms with Crippen molar-refractivity contribution in [3.05, 3.63) is 71.4 Å². The van der Waals surface area contributed by atoms with Crippen LogP contribution in [0.5, 0.6) is 5.75 Å². The second-order valence-corrected chi connectivity index (χ2v) is 9.65. The molecular weight excluding hydrogens is 534 g/mol. The molecule has 1 N–H and O–H groups in total. The van der Waals surface area contributed by atoms with Crippen LogP contribution in [0.25, 0.3) is 16.7 Å². The first kappa shape index (κ1) is 27.3. The van der Waals surface area contributed by atoms with Gasteiger partial charge >= 0.3 is 12.1 Å². The number of nitrogens with zero attached hydrogens (tertiary/aromatic N) is 4. The maximum absolute atomic E-state index is 14.4. The Morgan fingerprint density at radius 3 is 2.60 bits per heavy atom. The number of carbonyl (C=O) groups excluding carboxylic acids is 1. The van der Waals surface area contributed by atoms with E-state index in [9.17, 15) is 22.4 Å². The molecule has 4 aromatic rings. The zero-order chi connectivity index (χ0) is 28.9. The molecule has 2 atom stereocenters. The third-order valence-corrected chi connectivity index (χ3v) is 6.88. The smallest absolute Gasteiger partial charge is 0.419 e. The largest absolute Gasteiger partial charge is 0.496 e. The Hall–Kier alpha value is -4.26. The van der Waals surface area contributed by atoms with E-state index in [-0.39, 0.29) is 23.0 Å². The Labute approximate surface area is 226 Å². The van der Waals surface area contributed by atoms with Gasteiger partial charge in [0.05, 0.1) is 49.2 Å². The first-order valence-electron chi connectivity index (χ1n) is 12.2. The molecule has 0 amide bonds. The topological polar surface area (TPSA) is 100 Å². The van der Waals surface area contributed by atoms with Crippen molar-refractivity contribution in [2.75, 3.05) is 26.1 Å². The zero-order valence-electron chi connectivity index (χ0n) is 22.0. The number of carbonyl (C=O) groups is 1. The van der Waals surface area contributed by atoms with E-state index in [1.165, 1.54) is 38.1 Å². The van der Waals surface area contributed by atoms with E-state index in [0.29, 0.717) is 22.3 Å². The van der Waals surface area contributed by atoms with Gasteiger partial charge in [0.25, 0.3) is 0 Å². The molecule has 1 saturated heterocycles. The molecule has 0 bridgehead atoms. The number of fused-ring (bicyclic) bond motifs is 1. The van der Waals surface area contributed by atoms with Crippen molar-refractivity contribution in [1.82, 2.24) is 19.7 Å². The Morgan fingerprint density at radius 1 is 1.18 bits per heavy atom. The fourth-order valence-electron chi connectivity index (χ4n) is 5.02. The third-order valence-electron chi connectivity index (χ3n) is 6.88. The summed E-state index contributed by atoms with van der Waals surface area (Å²) < 4.78 is 74.2. The van der Waals surface area contributed by atoms with Crippen molar-refractivity contribution in [1.29, 1.82) is 0 Å². The minimum Gasteiger partial charge on any atom is -0.496 e. The van der Waals surface area contributed by atoms with Crippen LogP contribution in [0, 0.1) is 12.7 Å². The first-order chi connectivity index (χ1) is 18.9. The van der Waals surface area contributed by atoms with Crippen molar-refractivity contribution in [3.63, 3.8) is 0 Å². The van der Waals surface area contributed by atoms with Gasteiger partial charge in [-0.1, -0.05) is 6.07 Å². The fraction of sp³-hybridized carbons (Fsp3) is 0.333. The molecule has 1 fully saturated rings. The molecule has 0 spiro atoms. The highest BCUT2D eigenvalue weighted by Gasteiger charge is 2.68. The molecule has 5 rings (SSSR count). The molecule has 1 aliphatic rings. The van der Waals surface area contributed by atoms with Crippen LogP contribution < -0.4 is 10.1 Å². The summed E-state index contributed by atoms with van der Waals surface area (Å²) in [5, 5.41) is 7.47. The number of esters is 1. The highest BCUT2D eigenvalue weighted by Crippen LogP contribution is 2.57. The molecular formula is C27H25F4N5O4. The Balaban J connectivity index is 1.45. The summed E-state index contributed by atoms with van der Waals surface area (Å²) in [6.45, 7) is 2.39. The van der Waals surface area contributed by atoms with Crippen LogP contribution in [0.2, 0.25) is 0 Å². The normalized spacial score (nSPS) is 20.7. The van der Waals surface area contributed by atoms with Gasteiger partial charge in [0.1, 0.15) is 23.2 Å². The summed E-state index contributed by atoms with van der Waals surface area (Å²) >= 11 is 0. The summed E-state index contributed by atoms with van der Waals surface area (Å²) in [5.74, 6) is -0.513. The second kappa shape index (κ2) is 9.73. The van der Waals surface area contributed by atoms with Gasteiger partial charge in [0, 0.05) is 12.0 Å². The van der Waals surface area contributed by atoms with Crippen LogP contribution in [0.3, 0.4) is 0 Å². The van der Waals surface area contributed by atoms with Gasteiger partial charge in [0.2, 0.25) is 0 Å².